The number of nitrogens with two attached hydrogens (primary N) is 1. The molecule has 1 aromatic carbocycles. The average Bonchev–Trinajstić information content (AvgIpc) is 2.26. The minimum absolute atomic E-state index is 0.217. The normalized spacial score (nSPS) is 23.8. The number of hydrogen-bond donors (Lipinski definition) is 1. The summed E-state index contributed by atoms with van der Waals surface area (Å²) in [6.45, 7) is 8.59. The average molecular weight is 253 g/mol. The van der Waals surface area contributed by atoms with Crippen LogP contribution in [0.4, 0.5) is 5.69 Å². The summed E-state index contributed by atoms with van der Waals surface area (Å²) < 4.78 is 0. The molecular weight excluding hydrogens is 232 g/mol. The van der Waals surface area contributed by atoms with Crippen LogP contribution in [0.5, 0.6) is 0 Å². The molecule has 17 heavy (non-hydrogen) atoms. The van der Waals surface area contributed by atoms with Crippen LogP contribution in [0.3, 0.4) is 0 Å². The van der Waals surface area contributed by atoms with Gasteiger partial charge in [-0.3, -0.25) is 0 Å². The van der Waals surface area contributed by atoms with Crippen molar-refractivity contribution < 1.29 is 0 Å². The van der Waals surface area contributed by atoms with Gasteiger partial charge in [0.05, 0.1) is 0 Å². The fraction of sp³-hybridized carbons (Fsp3) is 0.571. The monoisotopic (exact) mass is 252 g/mol. The van der Waals surface area contributed by atoms with E-state index in [9.17, 15) is 0 Å². The van der Waals surface area contributed by atoms with Crippen LogP contribution in [0, 0.1) is 12.3 Å². The summed E-state index contributed by atoms with van der Waals surface area (Å²) in [4.78, 5) is 2.36. The third-order valence-electron chi connectivity index (χ3n) is 3.96. The first-order chi connectivity index (χ1) is 7.90. The Morgan fingerprint density at radius 2 is 2.12 bits per heavy atom. The zero-order valence-electron chi connectivity index (χ0n) is 10.8. The summed E-state index contributed by atoms with van der Waals surface area (Å²) in [6, 6.07) is 6.27. The molecule has 0 spiro atoms. The molecule has 94 valence electrons. The Morgan fingerprint density at radius 3 is 2.76 bits per heavy atom. The third kappa shape index (κ3) is 2.58. The van der Waals surface area contributed by atoms with E-state index in [0.29, 0.717) is 0 Å². The smallest absolute Gasteiger partial charge is 0.0426 e. The molecule has 2 N–H and O–H groups in total. The lowest BCUT2D eigenvalue weighted by Gasteiger charge is -2.43. The molecule has 0 aromatic heterocycles. The van der Waals surface area contributed by atoms with E-state index < -0.39 is 0 Å². The first kappa shape index (κ1) is 12.7. The Bertz CT molecular complexity index is 415. The molecule has 3 heteroatoms. The molecule has 0 aliphatic carbocycles. The highest BCUT2D eigenvalue weighted by atomic mass is 35.5. The lowest BCUT2D eigenvalue weighted by molar-refractivity contribution is 0.235. The molecule has 1 unspecified atom stereocenters. The van der Waals surface area contributed by atoms with E-state index in [1.807, 2.05) is 12.1 Å². The Kier molecular flexibility index (Phi) is 3.37. The predicted octanol–water partition coefficient (Wildman–Crippen LogP) is 3.21. The largest absolute Gasteiger partial charge is 0.370 e. The van der Waals surface area contributed by atoms with Crippen molar-refractivity contribution in [3.05, 3.63) is 28.8 Å². The fourth-order valence-electron chi connectivity index (χ4n) is 2.33. The van der Waals surface area contributed by atoms with Crippen LogP contribution in [-0.4, -0.2) is 19.1 Å². The van der Waals surface area contributed by atoms with Crippen molar-refractivity contribution >= 4 is 17.3 Å². The zero-order valence-corrected chi connectivity index (χ0v) is 11.6. The number of rotatable bonds is 1. The van der Waals surface area contributed by atoms with Gasteiger partial charge in [0.1, 0.15) is 0 Å². The van der Waals surface area contributed by atoms with Gasteiger partial charge >= 0.3 is 0 Å². The van der Waals surface area contributed by atoms with Gasteiger partial charge in [0.25, 0.3) is 0 Å². The molecule has 1 aliphatic rings. The molecule has 2 rings (SSSR count). The minimum Gasteiger partial charge on any atom is -0.370 e. The zero-order chi connectivity index (χ0) is 12.6. The number of nitrogens with zero attached hydrogens (tertiary/aromatic N) is 1. The number of anilines is 1. The Balaban J connectivity index is 2.22. The highest BCUT2D eigenvalue weighted by Gasteiger charge is 2.33. The van der Waals surface area contributed by atoms with Gasteiger partial charge in [-0.05, 0) is 36.5 Å². The SMILES string of the molecule is Cc1ccc(Cl)cc1N1CCC(C)(C)C(N)C1. The van der Waals surface area contributed by atoms with E-state index in [0.717, 1.165) is 24.5 Å². The van der Waals surface area contributed by atoms with E-state index >= 15 is 0 Å². The molecule has 1 heterocycles. The van der Waals surface area contributed by atoms with Crippen molar-refractivity contribution in [3.63, 3.8) is 0 Å². The van der Waals surface area contributed by atoms with Gasteiger partial charge in [-0.2, -0.15) is 0 Å². The van der Waals surface area contributed by atoms with Crippen LogP contribution in [0.1, 0.15) is 25.8 Å². The van der Waals surface area contributed by atoms with Crippen LogP contribution in [0.2, 0.25) is 5.02 Å². The number of piperidine rings is 1. The van der Waals surface area contributed by atoms with Crippen LogP contribution in [0.15, 0.2) is 18.2 Å². The molecule has 0 bridgehead atoms. The van der Waals surface area contributed by atoms with Gasteiger partial charge < -0.3 is 10.6 Å². The van der Waals surface area contributed by atoms with Gasteiger partial charge in [0.2, 0.25) is 0 Å². The van der Waals surface area contributed by atoms with E-state index in [1.165, 1.54) is 11.3 Å². The molecule has 1 atom stereocenters. The Morgan fingerprint density at radius 1 is 1.41 bits per heavy atom. The van der Waals surface area contributed by atoms with E-state index in [2.05, 4.69) is 31.7 Å². The summed E-state index contributed by atoms with van der Waals surface area (Å²) in [5.41, 5.74) is 8.98. The maximum Gasteiger partial charge on any atom is 0.0426 e. The maximum absolute atomic E-state index is 6.25. The van der Waals surface area contributed by atoms with E-state index in [4.69, 9.17) is 17.3 Å². The van der Waals surface area contributed by atoms with Crippen molar-refractivity contribution in [2.24, 2.45) is 11.1 Å². The molecule has 0 radical (unpaired) electrons. The number of aryl methyl sites for hydroxylation is 1. The molecule has 0 amide bonds. The molecule has 1 fully saturated rings. The van der Waals surface area contributed by atoms with Crippen molar-refractivity contribution in [1.82, 2.24) is 0 Å². The van der Waals surface area contributed by atoms with Gasteiger partial charge in [0.15, 0.2) is 0 Å². The topological polar surface area (TPSA) is 29.3 Å². The van der Waals surface area contributed by atoms with Crippen LogP contribution in [-0.2, 0) is 0 Å². The summed E-state index contributed by atoms with van der Waals surface area (Å²) in [5, 5.41) is 0.795. The second kappa shape index (κ2) is 4.51. The summed E-state index contributed by atoms with van der Waals surface area (Å²) in [5.74, 6) is 0. The van der Waals surface area contributed by atoms with Crippen LogP contribution >= 0.6 is 11.6 Å². The second-order valence-corrected chi connectivity index (χ2v) is 6.16. The molecular formula is C14H21ClN2. The molecule has 1 saturated heterocycles. The predicted molar refractivity (Wildman–Crippen MR) is 74.8 cm³/mol. The van der Waals surface area contributed by atoms with Crippen LogP contribution in [0.25, 0.3) is 0 Å². The lowest BCUT2D eigenvalue weighted by atomic mass is 9.78. The maximum atomic E-state index is 6.25. The summed E-state index contributed by atoms with van der Waals surface area (Å²) in [7, 11) is 0. The van der Waals surface area contributed by atoms with Crippen molar-refractivity contribution in [1.29, 1.82) is 0 Å². The first-order valence-corrected chi connectivity index (χ1v) is 6.54. The molecule has 1 aliphatic heterocycles. The Labute approximate surface area is 109 Å². The second-order valence-electron chi connectivity index (χ2n) is 5.72. The van der Waals surface area contributed by atoms with Crippen molar-refractivity contribution in [2.45, 2.75) is 33.2 Å². The highest BCUT2D eigenvalue weighted by molar-refractivity contribution is 6.30. The van der Waals surface area contributed by atoms with Gasteiger partial charge in [-0.1, -0.05) is 31.5 Å². The molecule has 0 saturated carbocycles. The minimum atomic E-state index is 0.217. The standard InChI is InChI=1S/C14H21ClN2/c1-10-4-5-11(15)8-12(10)17-7-6-14(2,3)13(16)9-17/h4-5,8,13H,6-7,9,16H2,1-3H3. The molecule has 2 nitrogen and oxygen atoms in total. The summed E-state index contributed by atoms with van der Waals surface area (Å²) >= 11 is 6.07. The quantitative estimate of drug-likeness (QED) is 0.832. The highest BCUT2D eigenvalue weighted by Crippen LogP contribution is 2.33. The fourth-order valence-corrected chi connectivity index (χ4v) is 2.49. The van der Waals surface area contributed by atoms with Crippen molar-refractivity contribution in [2.75, 3.05) is 18.0 Å². The number of benzene rings is 1. The number of hydrogen-bond acceptors (Lipinski definition) is 2. The molecule has 1 aromatic rings. The van der Waals surface area contributed by atoms with E-state index in [-0.39, 0.29) is 11.5 Å². The van der Waals surface area contributed by atoms with Crippen molar-refractivity contribution in [3.8, 4) is 0 Å². The van der Waals surface area contributed by atoms with Gasteiger partial charge in [0, 0.05) is 29.8 Å². The van der Waals surface area contributed by atoms with Crippen LogP contribution < -0.4 is 10.6 Å². The summed E-state index contributed by atoms with van der Waals surface area (Å²) in [6.07, 6.45) is 1.13. The Hall–Kier alpha value is -0.730. The first-order valence-electron chi connectivity index (χ1n) is 6.17. The van der Waals surface area contributed by atoms with Gasteiger partial charge in [-0.25, -0.2) is 0 Å². The van der Waals surface area contributed by atoms with E-state index in [1.54, 1.807) is 0 Å². The van der Waals surface area contributed by atoms with Gasteiger partial charge in [-0.15, -0.1) is 0 Å². The number of halogens is 1. The third-order valence-corrected chi connectivity index (χ3v) is 4.19. The lowest BCUT2D eigenvalue weighted by Crippen LogP contribution is -2.53.